The smallest absolute Gasteiger partial charge is 0.218 e. The molecule has 1 aromatic heterocycles. The fourth-order valence-electron chi connectivity index (χ4n) is 1.27. The molecule has 0 fully saturated rings. The monoisotopic (exact) mass is 211 g/mol. The summed E-state index contributed by atoms with van der Waals surface area (Å²) in [6.07, 6.45) is 1.47. The number of rotatable bonds is 6. The Morgan fingerprint density at radius 1 is 1.27 bits per heavy atom. The first kappa shape index (κ1) is 11.7. The molecular formula is C9H17N5O. The van der Waals surface area contributed by atoms with Crippen LogP contribution >= 0.6 is 0 Å². The maximum absolute atomic E-state index is 5.51. The molecular weight excluding hydrogens is 194 g/mol. The predicted molar refractivity (Wildman–Crippen MR) is 58.9 cm³/mol. The van der Waals surface area contributed by atoms with Gasteiger partial charge in [0.1, 0.15) is 12.1 Å². The summed E-state index contributed by atoms with van der Waals surface area (Å²) in [5.74, 6) is 1.33. The first-order valence-electron chi connectivity index (χ1n) is 4.83. The lowest BCUT2D eigenvalue weighted by molar-refractivity contribution is 0.396. The Morgan fingerprint density at radius 3 is 2.47 bits per heavy atom. The van der Waals surface area contributed by atoms with Crippen molar-refractivity contribution in [3.63, 3.8) is 0 Å². The maximum atomic E-state index is 5.51. The van der Waals surface area contributed by atoms with Crippen molar-refractivity contribution in [2.24, 2.45) is 11.5 Å². The zero-order valence-electron chi connectivity index (χ0n) is 8.89. The molecule has 0 unspecified atom stereocenters. The van der Waals surface area contributed by atoms with Gasteiger partial charge in [-0.2, -0.15) is 0 Å². The van der Waals surface area contributed by atoms with E-state index >= 15 is 0 Å². The minimum Gasteiger partial charge on any atom is -0.481 e. The predicted octanol–water partition coefficient (Wildman–Crippen LogP) is -0.791. The van der Waals surface area contributed by atoms with Gasteiger partial charge in [-0.1, -0.05) is 0 Å². The minimum absolute atomic E-state index is 0.541. The van der Waals surface area contributed by atoms with Crippen molar-refractivity contribution in [3.05, 3.63) is 12.4 Å². The van der Waals surface area contributed by atoms with Crippen LogP contribution in [0.4, 0.5) is 5.82 Å². The van der Waals surface area contributed by atoms with Crippen molar-refractivity contribution < 1.29 is 4.74 Å². The second kappa shape index (κ2) is 6.15. The van der Waals surface area contributed by atoms with E-state index in [9.17, 15) is 0 Å². The lowest BCUT2D eigenvalue weighted by atomic mass is 10.4. The van der Waals surface area contributed by atoms with Gasteiger partial charge in [-0.15, -0.1) is 0 Å². The fourth-order valence-corrected chi connectivity index (χ4v) is 1.27. The molecule has 0 amide bonds. The Bertz CT molecular complexity index is 288. The number of nitrogens with two attached hydrogens (primary N) is 2. The molecule has 6 nitrogen and oxygen atoms in total. The molecule has 0 atom stereocenters. The van der Waals surface area contributed by atoms with Crippen molar-refractivity contribution >= 4 is 5.82 Å². The summed E-state index contributed by atoms with van der Waals surface area (Å²) in [6.45, 7) is 2.56. The van der Waals surface area contributed by atoms with Crippen LogP contribution in [0.15, 0.2) is 12.4 Å². The molecule has 0 saturated heterocycles. The summed E-state index contributed by atoms with van der Waals surface area (Å²) in [5.41, 5.74) is 11.0. The summed E-state index contributed by atoms with van der Waals surface area (Å²) in [6, 6.07) is 1.77. The number of anilines is 1. The van der Waals surface area contributed by atoms with E-state index in [1.807, 2.05) is 4.90 Å². The van der Waals surface area contributed by atoms with Crippen LogP contribution in [-0.2, 0) is 0 Å². The molecule has 0 bridgehead atoms. The molecule has 1 aromatic rings. The Hall–Kier alpha value is -1.40. The van der Waals surface area contributed by atoms with Crippen LogP contribution in [0.3, 0.4) is 0 Å². The van der Waals surface area contributed by atoms with Crippen molar-refractivity contribution in [1.29, 1.82) is 0 Å². The van der Waals surface area contributed by atoms with Crippen molar-refractivity contribution in [3.8, 4) is 5.88 Å². The first-order valence-corrected chi connectivity index (χ1v) is 4.83. The van der Waals surface area contributed by atoms with E-state index in [1.54, 1.807) is 13.2 Å². The van der Waals surface area contributed by atoms with Crippen molar-refractivity contribution in [2.75, 3.05) is 38.2 Å². The largest absolute Gasteiger partial charge is 0.481 e. The molecule has 4 N–H and O–H groups in total. The third-order valence-electron chi connectivity index (χ3n) is 1.96. The number of hydrogen-bond donors (Lipinski definition) is 2. The highest BCUT2D eigenvalue weighted by atomic mass is 16.5. The van der Waals surface area contributed by atoms with Gasteiger partial charge in [-0.25, -0.2) is 9.97 Å². The molecule has 0 aliphatic carbocycles. The summed E-state index contributed by atoms with van der Waals surface area (Å²) in [4.78, 5) is 10.1. The van der Waals surface area contributed by atoms with Crippen molar-refractivity contribution in [2.45, 2.75) is 0 Å². The topological polar surface area (TPSA) is 90.3 Å². The molecule has 0 aromatic carbocycles. The molecule has 0 spiro atoms. The fraction of sp³-hybridized carbons (Fsp3) is 0.556. The normalized spacial score (nSPS) is 10.1. The molecule has 0 saturated carbocycles. The Balaban J connectivity index is 2.79. The Morgan fingerprint density at radius 2 is 1.93 bits per heavy atom. The second-order valence-corrected chi connectivity index (χ2v) is 2.98. The third kappa shape index (κ3) is 3.34. The molecule has 0 aliphatic rings. The Labute approximate surface area is 89.2 Å². The summed E-state index contributed by atoms with van der Waals surface area (Å²) >= 11 is 0. The Kier molecular flexibility index (Phi) is 4.79. The summed E-state index contributed by atoms with van der Waals surface area (Å²) < 4.78 is 5.02. The number of aromatic nitrogens is 2. The van der Waals surface area contributed by atoms with E-state index in [4.69, 9.17) is 16.2 Å². The van der Waals surface area contributed by atoms with E-state index in [0.717, 1.165) is 18.9 Å². The summed E-state index contributed by atoms with van der Waals surface area (Å²) in [5, 5.41) is 0. The van der Waals surface area contributed by atoms with Gasteiger partial charge in [0.25, 0.3) is 0 Å². The highest BCUT2D eigenvalue weighted by Gasteiger charge is 2.07. The number of methoxy groups -OCH3 is 1. The van der Waals surface area contributed by atoms with Gasteiger partial charge in [0.05, 0.1) is 7.11 Å². The van der Waals surface area contributed by atoms with Crippen LogP contribution in [0.5, 0.6) is 5.88 Å². The number of hydrogen-bond acceptors (Lipinski definition) is 6. The van der Waals surface area contributed by atoms with Gasteiger partial charge in [0.15, 0.2) is 0 Å². The van der Waals surface area contributed by atoms with Gasteiger partial charge < -0.3 is 21.1 Å². The van der Waals surface area contributed by atoms with Crippen LogP contribution in [0.2, 0.25) is 0 Å². The van der Waals surface area contributed by atoms with Gasteiger partial charge in [-0.05, 0) is 0 Å². The van der Waals surface area contributed by atoms with Gasteiger partial charge >= 0.3 is 0 Å². The molecule has 15 heavy (non-hydrogen) atoms. The minimum atomic E-state index is 0.541. The average molecular weight is 211 g/mol. The average Bonchev–Trinajstić information content (AvgIpc) is 2.29. The van der Waals surface area contributed by atoms with E-state index in [-0.39, 0.29) is 0 Å². The SMILES string of the molecule is COc1cc(N(CCN)CCN)ncn1. The second-order valence-electron chi connectivity index (χ2n) is 2.98. The third-order valence-corrected chi connectivity index (χ3v) is 1.96. The molecule has 1 heterocycles. The highest BCUT2D eigenvalue weighted by molar-refractivity contribution is 5.40. The lowest BCUT2D eigenvalue weighted by Gasteiger charge is -2.22. The number of nitrogens with zero attached hydrogens (tertiary/aromatic N) is 3. The van der Waals surface area contributed by atoms with E-state index in [1.165, 1.54) is 6.33 Å². The lowest BCUT2D eigenvalue weighted by Crippen LogP contribution is -2.34. The van der Waals surface area contributed by atoms with Crippen LogP contribution in [0.1, 0.15) is 0 Å². The quantitative estimate of drug-likeness (QED) is 0.641. The molecule has 1 rings (SSSR count). The summed E-state index contributed by atoms with van der Waals surface area (Å²) in [7, 11) is 1.57. The van der Waals surface area contributed by atoms with Crippen LogP contribution in [0, 0.1) is 0 Å². The van der Waals surface area contributed by atoms with Crippen LogP contribution in [-0.4, -0.2) is 43.3 Å². The molecule has 6 heteroatoms. The van der Waals surface area contributed by atoms with Crippen LogP contribution in [0.25, 0.3) is 0 Å². The first-order chi connectivity index (χ1) is 7.31. The van der Waals surface area contributed by atoms with Gasteiger partial charge in [0.2, 0.25) is 5.88 Å². The van der Waals surface area contributed by atoms with Gasteiger partial charge in [-0.3, -0.25) is 0 Å². The van der Waals surface area contributed by atoms with E-state index in [0.29, 0.717) is 19.0 Å². The maximum Gasteiger partial charge on any atom is 0.218 e. The molecule has 0 aliphatic heterocycles. The van der Waals surface area contributed by atoms with E-state index in [2.05, 4.69) is 9.97 Å². The zero-order chi connectivity index (χ0) is 11.1. The highest BCUT2D eigenvalue weighted by Crippen LogP contribution is 2.14. The van der Waals surface area contributed by atoms with Crippen molar-refractivity contribution in [1.82, 2.24) is 9.97 Å². The standard InChI is InChI=1S/C9H17N5O/c1-15-9-6-8(12-7-13-9)14(4-2-10)5-3-11/h6-7H,2-5,10-11H2,1H3. The van der Waals surface area contributed by atoms with Gasteiger partial charge in [0, 0.05) is 32.2 Å². The number of ether oxygens (including phenoxy) is 1. The van der Waals surface area contributed by atoms with E-state index < -0.39 is 0 Å². The molecule has 84 valence electrons. The van der Waals surface area contributed by atoms with Crippen LogP contribution < -0.4 is 21.1 Å². The zero-order valence-corrected chi connectivity index (χ0v) is 8.89. The molecule has 0 radical (unpaired) electrons.